The maximum Gasteiger partial charge on any atom is 0.123 e. The average molecular weight is 411 g/mol. The van der Waals surface area contributed by atoms with Gasteiger partial charge in [0.05, 0.1) is 14.3 Å². The average Bonchev–Trinajstić information content (AvgIpc) is 2.58. The second-order valence-electron chi connectivity index (χ2n) is 8.00. The molecule has 2 aromatic rings. The number of rotatable bonds is 7. The monoisotopic (exact) mass is 410 g/mol. The molecule has 148 valence electrons. The van der Waals surface area contributed by atoms with Gasteiger partial charge in [-0.05, 0) is 61.4 Å². The first-order valence-corrected chi connectivity index (χ1v) is 11.4. The minimum absolute atomic E-state index is 0.00422. The third-order valence-corrected chi connectivity index (χ3v) is 7.99. The molecule has 0 heterocycles. The molecule has 0 N–H and O–H groups in total. The van der Waals surface area contributed by atoms with Crippen molar-refractivity contribution in [3.63, 3.8) is 0 Å². The van der Waals surface area contributed by atoms with Gasteiger partial charge in [0.2, 0.25) is 0 Å². The van der Waals surface area contributed by atoms with Crippen LogP contribution >= 0.6 is 19.9 Å². The molecule has 5 heteroatoms. The Labute approximate surface area is 167 Å². The zero-order valence-corrected chi connectivity index (χ0v) is 18.6. The molecule has 0 aliphatic heterocycles. The molecule has 0 aliphatic carbocycles. The van der Waals surface area contributed by atoms with Gasteiger partial charge in [-0.1, -0.05) is 34.6 Å². The lowest BCUT2D eigenvalue weighted by molar-refractivity contribution is 0.227. The van der Waals surface area contributed by atoms with Crippen LogP contribution in [-0.2, 0) is 4.52 Å². The summed E-state index contributed by atoms with van der Waals surface area (Å²) in [5, 5.41) is 2.16. The van der Waals surface area contributed by atoms with E-state index in [-0.39, 0.29) is 22.5 Å². The van der Waals surface area contributed by atoms with Crippen LogP contribution in [0.1, 0.15) is 41.5 Å². The van der Waals surface area contributed by atoms with Gasteiger partial charge >= 0.3 is 0 Å². The summed E-state index contributed by atoms with van der Waals surface area (Å²) in [4.78, 5) is 0. The second kappa shape index (κ2) is 9.49. The van der Waals surface area contributed by atoms with Crippen LogP contribution in [0.25, 0.3) is 0 Å². The maximum absolute atomic E-state index is 13.4. The molecule has 0 unspecified atom stereocenters. The normalized spacial score (nSPS) is 14.6. The number of hydrogen-bond donors (Lipinski definition) is 0. The van der Waals surface area contributed by atoms with E-state index in [2.05, 4.69) is 41.5 Å². The van der Waals surface area contributed by atoms with Crippen LogP contribution in [0.5, 0.6) is 0 Å². The molecule has 0 fully saturated rings. The Kier molecular flexibility index (Phi) is 7.85. The van der Waals surface area contributed by atoms with E-state index in [0.29, 0.717) is 11.2 Å². The van der Waals surface area contributed by atoms with E-state index in [1.165, 1.54) is 24.3 Å². The van der Waals surface area contributed by atoms with Crippen molar-refractivity contribution < 1.29 is 13.3 Å². The van der Waals surface area contributed by atoms with Crippen molar-refractivity contribution in [1.29, 1.82) is 0 Å². The molecule has 0 amide bonds. The molecule has 0 saturated heterocycles. The quantitative estimate of drug-likeness (QED) is 0.497. The maximum atomic E-state index is 13.4. The van der Waals surface area contributed by atoms with Gasteiger partial charge in [0, 0.05) is 20.6 Å². The van der Waals surface area contributed by atoms with Gasteiger partial charge in [-0.3, -0.25) is 0 Å². The van der Waals surface area contributed by atoms with Gasteiger partial charge < -0.3 is 4.52 Å². The molecule has 0 radical (unpaired) electrons. The summed E-state index contributed by atoms with van der Waals surface area (Å²) in [5.41, 5.74) is 0. The molecule has 0 aliphatic rings. The third kappa shape index (κ3) is 6.85. The van der Waals surface area contributed by atoms with Crippen molar-refractivity contribution in [1.82, 2.24) is 0 Å². The van der Waals surface area contributed by atoms with E-state index in [1.807, 2.05) is 11.8 Å². The Morgan fingerprint density at radius 3 is 1.56 bits per heavy atom. The molecule has 27 heavy (non-hydrogen) atoms. The molecule has 2 aromatic carbocycles. The van der Waals surface area contributed by atoms with E-state index >= 15 is 0 Å². The minimum Gasteiger partial charge on any atom is -0.346 e. The van der Waals surface area contributed by atoms with E-state index in [9.17, 15) is 8.78 Å². The minimum atomic E-state index is -1.16. The highest BCUT2D eigenvalue weighted by molar-refractivity contribution is 8.01. The lowest BCUT2D eigenvalue weighted by Crippen LogP contribution is -2.32. The van der Waals surface area contributed by atoms with E-state index < -0.39 is 8.15 Å². The Morgan fingerprint density at radius 1 is 0.815 bits per heavy atom. The Balaban J connectivity index is 2.32. The van der Waals surface area contributed by atoms with E-state index in [1.54, 1.807) is 24.3 Å². The first-order chi connectivity index (χ1) is 12.6. The highest BCUT2D eigenvalue weighted by atomic mass is 32.2. The van der Waals surface area contributed by atoms with Gasteiger partial charge in [-0.2, -0.15) is 0 Å². The molecular formula is C22H29F2OPS. The van der Waals surface area contributed by atoms with Gasteiger partial charge in [-0.15, -0.1) is 11.8 Å². The highest BCUT2D eigenvalue weighted by Gasteiger charge is 2.30. The fourth-order valence-corrected chi connectivity index (χ4v) is 6.10. The van der Waals surface area contributed by atoms with Crippen molar-refractivity contribution in [2.45, 2.75) is 57.6 Å². The van der Waals surface area contributed by atoms with Crippen LogP contribution in [0, 0.1) is 17.6 Å². The van der Waals surface area contributed by atoms with Crippen LogP contribution in [0.2, 0.25) is 0 Å². The molecule has 0 bridgehead atoms. The van der Waals surface area contributed by atoms with Crippen LogP contribution in [-0.4, -0.2) is 16.1 Å². The summed E-state index contributed by atoms with van der Waals surface area (Å²) in [6.45, 7) is 13.2. The lowest BCUT2D eigenvalue weighted by Gasteiger charge is -2.34. The van der Waals surface area contributed by atoms with Crippen LogP contribution in [0.3, 0.4) is 0 Å². The zero-order chi connectivity index (χ0) is 20.2. The summed E-state index contributed by atoms with van der Waals surface area (Å²) < 4.78 is 33.5. The second-order valence-corrected chi connectivity index (χ2v) is 11.8. The number of halogens is 2. The largest absolute Gasteiger partial charge is 0.346 e. The molecule has 2 rings (SSSR count). The SMILES string of the molecule is CC(C)[C@@H](SC(C)(C)C)[C@H](C)OP(c1ccc(F)cc1)c1ccc(F)cc1. The topological polar surface area (TPSA) is 9.23 Å². The Bertz CT molecular complexity index is 665. The van der Waals surface area contributed by atoms with E-state index in [0.717, 1.165) is 10.6 Å². The first-order valence-electron chi connectivity index (χ1n) is 9.22. The molecular weight excluding hydrogens is 381 g/mol. The predicted octanol–water partition coefficient (Wildman–Crippen LogP) is 6.27. The summed E-state index contributed by atoms with van der Waals surface area (Å²) in [6.07, 6.45) is -0.00422. The van der Waals surface area contributed by atoms with Crippen molar-refractivity contribution in [3.05, 3.63) is 60.2 Å². The molecule has 0 spiro atoms. The summed E-state index contributed by atoms with van der Waals surface area (Å²) in [6, 6.07) is 12.9. The van der Waals surface area contributed by atoms with E-state index in [4.69, 9.17) is 4.52 Å². The molecule has 2 atom stereocenters. The van der Waals surface area contributed by atoms with Gasteiger partial charge in [-0.25, -0.2) is 8.78 Å². The zero-order valence-electron chi connectivity index (χ0n) is 16.9. The fraction of sp³-hybridized carbons (Fsp3) is 0.455. The van der Waals surface area contributed by atoms with Crippen molar-refractivity contribution in [2.75, 3.05) is 0 Å². The molecule has 0 aromatic heterocycles. The Hall–Kier alpha value is -0.960. The standard InChI is InChI=1S/C22H29F2OPS/c1-15(2)21(27-22(4,5)6)16(3)25-26(19-11-7-17(23)8-12-19)20-13-9-18(24)10-14-20/h7-16,21H,1-6H3/t16-,21+/m0/s1. The van der Waals surface area contributed by atoms with Crippen LogP contribution < -0.4 is 10.6 Å². The third-order valence-electron chi connectivity index (χ3n) is 4.00. The van der Waals surface area contributed by atoms with Crippen molar-refractivity contribution >= 4 is 30.5 Å². The summed E-state index contributed by atoms with van der Waals surface area (Å²) >= 11 is 1.92. The fourth-order valence-electron chi connectivity index (χ4n) is 2.83. The molecule has 0 saturated carbocycles. The predicted molar refractivity (Wildman–Crippen MR) is 116 cm³/mol. The van der Waals surface area contributed by atoms with Gasteiger partial charge in [0.1, 0.15) is 11.6 Å². The Morgan fingerprint density at radius 2 is 1.22 bits per heavy atom. The number of benzene rings is 2. The van der Waals surface area contributed by atoms with Gasteiger partial charge in [0.15, 0.2) is 0 Å². The highest BCUT2D eigenvalue weighted by Crippen LogP contribution is 2.42. The van der Waals surface area contributed by atoms with Crippen LogP contribution in [0.15, 0.2) is 48.5 Å². The van der Waals surface area contributed by atoms with Crippen molar-refractivity contribution in [3.8, 4) is 0 Å². The summed E-state index contributed by atoms with van der Waals surface area (Å²) in [7, 11) is -1.16. The number of thioether (sulfide) groups is 1. The summed E-state index contributed by atoms with van der Waals surface area (Å²) in [5.74, 6) is -0.101. The van der Waals surface area contributed by atoms with Crippen LogP contribution in [0.4, 0.5) is 8.78 Å². The first kappa shape index (κ1) is 22.3. The van der Waals surface area contributed by atoms with Gasteiger partial charge in [0.25, 0.3) is 0 Å². The van der Waals surface area contributed by atoms with Crippen molar-refractivity contribution in [2.24, 2.45) is 5.92 Å². The molecule has 1 nitrogen and oxygen atoms in total. The smallest absolute Gasteiger partial charge is 0.123 e. The number of hydrogen-bond acceptors (Lipinski definition) is 2. The lowest BCUT2D eigenvalue weighted by atomic mass is 10.1.